The second-order valence-corrected chi connectivity index (χ2v) is 3.55. The van der Waals surface area contributed by atoms with Gasteiger partial charge in [-0.25, -0.2) is 0 Å². The average molecular weight is 109 g/mol. The molecule has 3 atom stereocenters. The first-order chi connectivity index (χ1) is 3.88. The summed E-state index contributed by atoms with van der Waals surface area (Å²) in [7, 11) is 0. The molecule has 0 N–H and O–H groups in total. The molecule has 0 radical (unpaired) electrons. The summed E-state index contributed by atoms with van der Waals surface area (Å²) in [5, 5.41) is 0. The van der Waals surface area contributed by atoms with E-state index in [0.29, 0.717) is 0 Å². The van der Waals surface area contributed by atoms with E-state index < -0.39 is 0 Å². The fourth-order valence-corrected chi connectivity index (χ4v) is 2.87. The Morgan fingerprint density at radius 1 is 1.25 bits per heavy atom. The number of rotatable bonds is 0. The van der Waals surface area contributed by atoms with E-state index in [1.54, 1.807) is 0 Å². The summed E-state index contributed by atoms with van der Waals surface area (Å²) < 4.78 is 0. The van der Waals surface area contributed by atoms with Gasteiger partial charge in [0.05, 0.1) is 0 Å². The average Bonchev–Trinajstić information content (AvgIpc) is 2.23. The van der Waals surface area contributed by atoms with E-state index in [1.165, 1.54) is 12.8 Å². The maximum atomic E-state index is 2.69. The lowest BCUT2D eigenvalue weighted by Crippen LogP contribution is -2.10. The first-order valence-electron chi connectivity index (χ1n) is 3.65. The molecule has 0 aromatic heterocycles. The van der Waals surface area contributed by atoms with Gasteiger partial charge in [0.15, 0.2) is 0 Å². The van der Waals surface area contributed by atoms with Crippen LogP contribution in [-0.2, 0) is 0 Å². The predicted molar refractivity (Wildman–Crippen MR) is 31.6 cm³/mol. The van der Waals surface area contributed by atoms with Crippen molar-refractivity contribution in [3.8, 4) is 0 Å². The van der Waals surface area contributed by atoms with Gasteiger partial charge in [0.1, 0.15) is 0 Å². The molecule has 0 spiro atoms. The van der Waals surface area contributed by atoms with Gasteiger partial charge >= 0.3 is 0 Å². The lowest BCUT2D eigenvalue weighted by atomic mass is 10.1. The highest BCUT2D eigenvalue weighted by molar-refractivity contribution is 5.20. The van der Waals surface area contributed by atoms with Crippen LogP contribution in [0, 0.1) is 5.92 Å². The van der Waals surface area contributed by atoms with Gasteiger partial charge in [-0.15, -0.1) is 0 Å². The van der Waals surface area contributed by atoms with Crippen molar-refractivity contribution in [3.63, 3.8) is 0 Å². The number of hydrogen-bond acceptors (Lipinski definition) is 1. The monoisotopic (exact) mass is 109 g/mol. The fraction of sp³-hybridized carbons (Fsp3) is 1.00. The van der Waals surface area contributed by atoms with E-state index in [4.69, 9.17) is 0 Å². The first kappa shape index (κ1) is 3.89. The van der Waals surface area contributed by atoms with Crippen molar-refractivity contribution in [3.05, 3.63) is 0 Å². The Balaban J connectivity index is 2.10. The molecular weight excluding hydrogens is 98.1 g/mol. The number of piperidine rings is 3. The highest BCUT2D eigenvalue weighted by Crippen LogP contribution is 2.57. The van der Waals surface area contributed by atoms with Gasteiger partial charge in [-0.05, 0) is 25.7 Å². The molecule has 0 aromatic carbocycles. The third-order valence-corrected chi connectivity index (χ3v) is 3.36. The molecule has 44 valence electrons. The van der Waals surface area contributed by atoms with E-state index in [1.807, 2.05) is 0 Å². The normalized spacial score (nSPS) is 73.9. The molecule has 4 rings (SSSR count). The van der Waals surface area contributed by atoms with Crippen LogP contribution in [0.25, 0.3) is 0 Å². The van der Waals surface area contributed by atoms with Gasteiger partial charge < -0.3 is 0 Å². The molecule has 1 nitrogen and oxygen atoms in total. The van der Waals surface area contributed by atoms with Crippen LogP contribution in [0.4, 0.5) is 0 Å². The Kier molecular flexibility index (Phi) is 0.418. The van der Waals surface area contributed by atoms with Crippen molar-refractivity contribution in [2.24, 2.45) is 5.92 Å². The third-order valence-electron chi connectivity index (χ3n) is 3.36. The maximum Gasteiger partial charge on any atom is 0.0261 e. The van der Waals surface area contributed by atoms with E-state index in [0.717, 1.165) is 24.0 Å². The van der Waals surface area contributed by atoms with E-state index in [9.17, 15) is 0 Å². The molecule has 3 saturated heterocycles. The van der Waals surface area contributed by atoms with Gasteiger partial charge in [-0.2, -0.15) is 0 Å². The van der Waals surface area contributed by atoms with Crippen LogP contribution in [0.1, 0.15) is 19.8 Å². The van der Waals surface area contributed by atoms with Crippen molar-refractivity contribution >= 4 is 0 Å². The zero-order chi connectivity index (χ0) is 5.30. The van der Waals surface area contributed by atoms with Gasteiger partial charge in [0, 0.05) is 18.1 Å². The third kappa shape index (κ3) is 0.218. The van der Waals surface area contributed by atoms with Crippen molar-refractivity contribution < 1.29 is 0 Å². The van der Waals surface area contributed by atoms with E-state index in [2.05, 4.69) is 11.8 Å². The molecule has 4 bridgehead atoms. The van der Waals surface area contributed by atoms with Crippen LogP contribution in [0.2, 0.25) is 0 Å². The molecule has 8 heavy (non-hydrogen) atoms. The van der Waals surface area contributed by atoms with Crippen LogP contribution in [0.15, 0.2) is 0 Å². The van der Waals surface area contributed by atoms with Gasteiger partial charge in [0.2, 0.25) is 0 Å². The topological polar surface area (TPSA) is 3.01 Å². The minimum atomic E-state index is 0.963. The van der Waals surface area contributed by atoms with Gasteiger partial charge in [0.25, 0.3) is 0 Å². The number of nitrogens with zero attached hydrogens (tertiary/aromatic N) is 1. The summed E-state index contributed by atoms with van der Waals surface area (Å²) >= 11 is 0. The molecule has 0 aromatic rings. The second kappa shape index (κ2) is 0.860. The molecule has 3 heterocycles. The smallest absolute Gasteiger partial charge is 0.0261 e. The summed E-state index contributed by atoms with van der Waals surface area (Å²) in [6.07, 6.45) is 3.07. The first-order valence-corrected chi connectivity index (χ1v) is 3.65. The molecule has 3 unspecified atom stereocenters. The molecule has 4 aliphatic rings. The largest absolute Gasteiger partial charge is 0.291 e. The minimum absolute atomic E-state index is 0.963. The van der Waals surface area contributed by atoms with Gasteiger partial charge in [-0.3, -0.25) is 4.90 Å². The molecule has 4 fully saturated rings. The second-order valence-electron chi connectivity index (χ2n) is 3.55. The van der Waals surface area contributed by atoms with Crippen molar-refractivity contribution in [2.45, 2.75) is 37.9 Å². The lowest BCUT2D eigenvalue weighted by Gasteiger charge is -2.05. The summed E-state index contributed by atoms with van der Waals surface area (Å²) in [4.78, 5) is 2.69. The van der Waals surface area contributed by atoms with Gasteiger partial charge in [-0.1, -0.05) is 0 Å². The zero-order valence-corrected chi connectivity index (χ0v) is 5.17. The van der Waals surface area contributed by atoms with Crippen LogP contribution in [0.3, 0.4) is 0 Å². The Morgan fingerprint density at radius 3 is 2.00 bits per heavy atom. The fourth-order valence-electron chi connectivity index (χ4n) is 2.87. The molecule has 3 aliphatic heterocycles. The SMILES string of the molecule is CC1C2CC3C(C2)N13. The quantitative estimate of drug-likeness (QED) is 0.417. The Labute approximate surface area is 49.7 Å². The molecule has 1 saturated carbocycles. The molecule has 1 aliphatic carbocycles. The summed E-state index contributed by atoms with van der Waals surface area (Å²) in [5.41, 5.74) is 0. The Morgan fingerprint density at radius 2 is 1.88 bits per heavy atom. The molecule has 1 heteroatoms. The Bertz CT molecular complexity index is 129. The van der Waals surface area contributed by atoms with Crippen LogP contribution in [0.5, 0.6) is 0 Å². The van der Waals surface area contributed by atoms with Crippen molar-refractivity contribution in [1.82, 2.24) is 4.90 Å². The standard InChI is InChI=1S/C7H11N/c1-4-5-2-6-7(3-5)8(4)6/h4-7H,2-3H2,1H3. The Hall–Kier alpha value is -0.0400. The van der Waals surface area contributed by atoms with E-state index in [-0.39, 0.29) is 0 Å². The minimum Gasteiger partial charge on any atom is -0.291 e. The maximum absolute atomic E-state index is 2.69. The van der Waals surface area contributed by atoms with E-state index >= 15 is 0 Å². The molecular formula is C7H11N. The van der Waals surface area contributed by atoms with Crippen LogP contribution < -0.4 is 0 Å². The highest BCUT2D eigenvalue weighted by atomic mass is 15.4. The molecule has 0 amide bonds. The summed E-state index contributed by atoms with van der Waals surface area (Å²) in [6, 6.07) is 3.09. The number of hydrogen-bond donors (Lipinski definition) is 0. The van der Waals surface area contributed by atoms with Crippen molar-refractivity contribution in [1.29, 1.82) is 0 Å². The zero-order valence-electron chi connectivity index (χ0n) is 5.17. The summed E-state index contributed by atoms with van der Waals surface area (Å²) in [6.45, 7) is 2.39. The lowest BCUT2D eigenvalue weighted by molar-refractivity contribution is 0.437. The highest BCUT2D eigenvalue weighted by Gasteiger charge is 2.64. The van der Waals surface area contributed by atoms with Crippen LogP contribution in [-0.4, -0.2) is 23.0 Å². The van der Waals surface area contributed by atoms with Crippen LogP contribution >= 0.6 is 0 Å². The predicted octanol–water partition coefficient (Wildman–Crippen LogP) is 0.851. The summed E-state index contributed by atoms with van der Waals surface area (Å²) in [5.74, 6) is 1.10. The van der Waals surface area contributed by atoms with Crippen molar-refractivity contribution in [2.75, 3.05) is 0 Å².